The maximum atomic E-state index is 3.74. The Morgan fingerprint density at radius 3 is 2.69 bits per heavy atom. The minimum absolute atomic E-state index is 0.818. The fraction of sp³-hybridized carbons (Fsp3) is 1.00. The van der Waals surface area contributed by atoms with E-state index in [-0.39, 0.29) is 0 Å². The van der Waals surface area contributed by atoms with Crippen LogP contribution in [0, 0.1) is 17.8 Å². The number of likely N-dealkylation sites (tertiary alicyclic amines) is 1. The van der Waals surface area contributed by atoms with Gasteiger partial charge in [0.05, 0.1) is 0 Å². The van der Waals surface area contributed by atoms with Crippen molar-refractivity contribution in [1.82, 2.24) is 10.2 Å². The Balaban J connectivity index is 1.37. The van der Waals surface area contributed by atoms with Crippen molar-refractivity contribution < 1.29 is 0 Å². The van der Waals surface area contributed by atoms with Gasteiger partial charge in [0.1, 0.15) is 0 Å². The van der Waals surface area contributed by atoms with E-state index in [1.807, 2.05) is 0 Å². The Labute approximate surface area is 99.8 Å². The van der Waals surface area contributed by atoms with Crippen molar-refractivity contribution in [1.29, 1.82) is 0 Å². The van der Waals surface area contributed by atoms with Crippen LogP contribution >= 0.6 is 0 Å². The molecular formula is C14H26N2. The molecule has 1 heterocycles. The summed E-state index contributed by atoms with van der Waals surface area (Å²) in [6.45, 7) is 3.83. The first-order valence-corrected chi connectivity index (χ1v) is 7.24. The van der Waals surface area contributed by atoms with Crippen LogP contribution in [0.25, 0.3) is 0 Å². The molecule has 0 aromatic heterocycles. The quantitative estimate of drug-likeness (QED) is 0.784. The van der Waals surface area contributed by atoms with Crippen LogP contribution in [0.15, 0.2) is 0 Å². The van der Waals surface area contributed by atoms with Crippen molar-refractivity contribution in [3.63, 3.8) is 0 Å². The molecule has 0 aromatic rings. The van der Waals surface area contributed by atoms with Crippen LogP contribution in [0.2, 0.25) is 0 Å². The maximum absolute atomic E-state index is 3.74. The van der Waals surface area contributed by atoms with E-state index in [0.717, 1.165) is 23.8 Å². The molecule has 2 nitrogen and oxygen atoms in total. The molecule has 4 unspecified atom stereocenters. The van der Waals surface area contributed by atoms with Gasteiger partial charge in [0, 0.05) is 12.6 Å². The zero-order valence-electron chi connectivity index (χ0n) is 10.6. The normalized spacial score (nSPS) is 43.3. The van der Waals surface area contributed by atoms with Gasteiger partial charge in [-0.2, -0.15) is 0 Å². The summed E-state index contributed by atoms with van der Waals surface area (Å²) in [4.78, 5) is 2.52. The van der Waals surface area contributed by atoms with Gasteiger partial charge in [0.25, 0.3) is 0 Å². The van der Waals surface area contributed by atoms with Crippen LogP contribution in [-0.2, 0) is 0 Å². The molecule has 3 aliphatic rings. The number of rotatable bonds is 4. The Morgan fingerprint density at radius 2 is 2.06 bits per heavy atom. The maximum Gasteiger partial charge on any atom is 0.0218 e. The predicted molar refractivity (Wildman–Crippen MR) is 67.5 cm³/mol. The van der Waals surface area contributed by atoms with Gasteiger partial charge < -0.3 is 10.2 Å². The first-order valence-electron chi connectivity index (χ1n) is 7.24. The summed E-state index contributed by atoms with van der Waals surface area (Å²) in [6, 6.07) is 0.818. The van der Waals surface area contributed by atoms with E-state index >= 15 is 0 Å². The van der Waals surface area contributed by atoms with Gasteiger partial charge in [0.2, 0.25) is 0 Å². The van der Waals surface area contributed by atoms with Crippen molar-refractivity contribution in [3.8, 4) is 0 Å². The summed E-state index contributed by atoms with van der Waals surface area (Å²) in [5.41, 5.74) is 0. The van der Waals surface area contributed by atoms with Crippen LogP contribution < -0.4 is 5.32 Å². The third kappa shape index (κ3) is 2.14. The van der Waals surface area contributed by atoms with Gasteiger partial charge in [-0.25, -0.2) is 0 Å². The summed E-state index contributed by atoms with van der Waals surface area (Å²) < 4.78 is 0. The summed E-state index contributed by atoms with van der Waals surface area (Å²) in [6.07, 6.45) is 8.94. The monoisotopic (exact) mass is 222 g/mol. The van der Waals surface area contributed by atoms with Crippen LogP contribution in [0.4, 0.5) is 0 Å². The number of hydrogen-bond donors (Lipinski definition) is 1. The fourth-order valence-electron chi connectivity index (χ4n) is 4.30. The molecule has 0 radical (unpaired) electrons. The lowest BCUT2D eigenvalue weighted by molar-refractivity contribution is 0.275. The van der Waals surface area contributed by atoms with E-state index in [0.29, 0.717) is 0 Å². The van der Waals surface area contributed by atoms with Crippen molar-refractivity contribution in [2.24, 2.45) is 17.8 Å². The number of nitrogens with one attached hydrogen (secondary N) is 1. The molecule has 3 fully saturated rings. The summed E-state index contributed by atoms with van der Waals surface area (Å²) in [7, 11) is 2.27. The van der Waals surface area contributed by atoms with Gasteiger partial charge in [-0.15, -0.1) is 0 Å². The van der Waals surface area contributed by atoms with E-state index in [1.54, 1.807) is 6.42 Å². The molecule has 2 heteroatoms. The van der Waals surface area contributed by atoms with Gasteiger partial charge in [-0.1, -0.05) is 6.42 Å². The predicted octanol–water partition coefficient (Wildman–Crippen LogP) is 2.11. The summed E-state index contributed by atoms with van der Waals surface area (Å²) in [5, 5.41) is 3.74. The minimum Gasteiger partial charge on any atom is -0.315 e. The van der Waals surface area contributed by atoms with Gasteiger partial charge in [-0.3, -0.25) is 0 Å². The fourth-order valence-corrected chi connectivity index (χ4v) is 4.30. The Kier molecular flexibility index (Phi) is 3.21. The standard InChI is InChI=1S/C14H26N2/c1-16-6-2-3-14(16)10-15-9-13-8-11-4-5-12(13)7-11/h11-15H,2-10H2,1H3. The molecule has 3 rings (SSSR count). The van der Waals surface area contributed by atoms with Crippen LogP contribution in [-0.4, -0.2) is 37.6 Å². The molecule has 0 aromatic carbocycles. The molecule has 1 N–H and O–H groups in total. The number of nitrogens with zero attached hydrogens (tertiary/aromatic N) is 1. The van der Waals surface area contributed by atoms with Crippen LogP contribution in [0.5, 0.6) is 0 Å². The zero-order valence-corrected chi connectivity index (χ0v) is 10.6. The second kappa shape index (κ2) is 4.66. The third-order valence-corrected chi connectivity index (χ3v) is 5.34. The molecule has 0 amide bonds. The van der Waals surface area contributed by atoms with E-state index in [2.05, 4.69) is 17.3 Å². The first kappa shape index (κ1) is 11.0. The molecule has 92 valence electrons. The molecule has 1 saturated heterocycles. The van der Waals surface area contributed by atoms with Gasteiger partial charge in [0.15, 0.2) is 0 Å². The molecule has 2 aliphatic carbocycles. The van der Waals surface area contributed by atoms with Crippen LogP contribution in [0.1, 0.15) is 38.5 Å². The lowest BCUT2D eigenvalue weighted by Crippen LogP contribution is -2.38. The highest BCUT2D eigenvalue weighted by molar-refractivity contribution is 4.91. The molecule has 1 aliphatic heterocycles. The van der Waals surface area contributed by atoms with E-state index in [9.17, 15) is 0 Å². The Hall–Kier alpha value is -0.0800. The lowest BCUT2D eigenvalue weighted by Gasteiger charge is -2.24. The number of fused-ring (bicyclic) bond motifs is 2. The van der Waals surface area contributed by atoms with Crippen molar-refractivity contribution in [3.05, 3.63) is 0 Å². The number of likely N-dealkylation sites (N-methyl/N-ethyl adjacent to an activating group) is 1. The zero-order chi connectivity index (χ0) is 11.0. The lowest BCUT2D eigenvalue weighted by atomic mass is 9.89. The summed E-state index contributed by atoms with van der Waals surface area (Å²) in [5.74, 6) is 3.20. The highest BCUT2D eigenvalue weighted by Gasteiger charge is 2.39. The topological polar surface area (TPSA) is 15.3 Å². The van der Waals surface area contributed by atoms with Crippen LogP contribution in [0.3, 0.4) is 0 Å². The minimum atomic E-state index is 0.818. The second-order valence-corrected chi connectivity index (χ2v) is 6.37. The van der Waals surface area contributed by atoms with Gasteiger partial charge >= 0.3 is 0 Å². The Morgan fingerprint density at radius 1 is 1.12 bits per heavy atom. The smallest absolute Gasteiger partial charge is 0.0218 e. The first-order chi connectivity index (χ1) is 7.83. The highest BCUT2D eigenvalue weighted by Crippen LogP contribution is 2.47. The highest BCUT2D eigenvalue weighted by atomic mass is 15.2. The van der Waals surface area contributed by atoms with E-state index in [4.69, 9.17) is 0 Å². The molecule has 4 atom stereocenters. The van der Waals surface area contributed by atoms with E-state index < -0.39 is 0 Å². The molecule has 2 saturated carbocycles. The Bertz CT molecular complexity index is 241. The average molecular weight is 222 g/mol. The molecule has 16 heavy (non-hydrogen) atoms. The second-order valence-electron chi connectivity index (χ2n) is 6.37. The van der Waals surface area contributed by atoms with Crippen molar-refractivity contribution in [2.45, 2.75) is 44.6 Å². The van der Waals surface area contributed by atoms with Crippen molar-refractivity contribution in [2.75, 3.05) is 26.7 Å². The third-order valence-electron chi connectivity index (χ3n) is 5.34. The molecule has 2 bridgehead atoms. The molecular weight excluding hydrogens is 196 g/mol. The molecule has 0 spiro atoms. The van der Waals surface area contributed by atoms with E-state index in [1.165, 1.54) is 51.7 Å². The largest absolute Gasteiger partial charge is 0.315 e. The summed E-state index contributed by atoms with van der Waals surface area (Å²) >= 11 is 0. The average Bonchev–Trinajstić information content (AvgIpc) is 2.96. The van der Waals surface area contributed by atoms with Gasteiger partial charge in [-0.05, 0) is 70.0 Å². The SMILES string of the molecule is CN1CCCC1CNCC1CC2CCC1C2. The number of hydrogen-bond acceptors (Lipinski definition) is 2. The van der Waals surface area contributed by atoms with Crippen molar-refractivity contribution >= 4 is 0 Å².